The molecule has 0 spiro atoms. The fourth-order valence-electron chi connectivity index (χ4n) is 2.57. The van der Waals surface area contributed by atoms with Crippen molar-refractivity contribution in [2.75, 3.05) is 13.1 Å². The maximum atomic E-state index is 10.3. The first-order valence-corrected chi connectivity index (χ1v) is 6.59. The van der Waals surface area contributed by atoms with Gasteiger partial charge in [-0.1, -0.05) is 6.42 Å². The van der Waals surface area contributed by atoms with Crippen LogP contribution in [0.3, 0.4) is 0 Å². The van der Waals surface area contributed by atoms with Crippen molar-refractivity contribution in [1.82, 2.24) is 14.9 Å². The Labute approximate surface area is 102 Å². The van der Waals surface area contributed by atoms with Gasteiger partial charge in [-0.25, -0.2) is 4.98 Å². The normalized spacial score (nSPS) is 21.5. The molecule has 0 aromatic carbocycles. The van der Waals surface area contributed by atoms with E-state index in [1.54, 1.807) is 0 Å². The average Bonchev–Trinajstić information content (AvgIpc) is 2.89. The van der Waals surface area contributed by atoms with Crippen LogP contribution < -0.4 is 0 Å². The Morgan fingerprint density at radius 1 is 1.47 bits per heavy atom. The number of nitrogens with zero attached hydrogens (tertiary/aromatic N) is 2. The third kappa shape index (κ3) is 3.40. The molecule has 1 N–H and O–H groups in total. The van der Waals surface area contributed by atoms with Gasteiger partial charge in [0.25, 0.3) is 0 Å². The molecule has 1 saturated heterocycles. The molecule has 1 atom stereocenters. The van der Waals surface area contributed by atoms with Crippen LogP contribution in [0.15, 0.2) is 12.4 Å². The lowest BCUT2D eigenvalue weighted by molar-refractivity contribution is -0.107. The predicted octanol–water partition coefficient (Wildman–Crippen LogP) is 2.31. The van der Waals surface area contributed by atoms with Crippen molar-refractivity contribution in [1.29, 1.82) is 0 Å². The van der Waals surface area contributed by atoms with Gasteiger partial charge in [0.2, 0.25) is 0 Å². The highest BCUT2D eigenvalue weighted by molar-refractivity contribution is 5.48. The van der Waals surface area contributed by atoms with E-state index in [1.165, 1.54) is 19.3 Å². The Balaban J connectivity index is 1.86. The average molecular weight is 235 g/mol. The Bertz CT molecular complexity index is 323. The zero-order chi connectivity index (χ0) is 11.9. The lowest BCUT2D eigenvalue weighted by Crippen LogP contribution is -2.34. The number of aromatic amines is 1. The molecular formula is C13H21N3O. The van der Waals surface area contributed by atoms with Crippen LogP contribution in [0.2, 0.25) is 0 Å². The van der Waals surface area contributed by atoms with Gasteiger partial charge in [-0.3, -0.25) is 4.90 Å². The minimum atomic E-state index is 0.454. The molecule has 4 nitrogen and oxygen atoms in total. The third-order valence-corrected chi connectivity index (χ3v) is 3.47. The third-order valence-electron chi connectivity index (χ3n) is 3.47. The first-order chi connectivity index (χ1) is 8.42. The van der Waals surface area contributed by atoms with E-state index in [4.69, 9.17) is 0 Å². The molecule has 1 aromatic rings. The molecule has 0 saturated carbocycles. The molecule has 0 amide bonds. The minimum Gasteiger partial charge on any atom is -0.347 e. The van der Waals surface area contributed by atoms with E-state index in [-0.39, 0.29) is 0 Å². The van der Waals surface area contributed by atoms with E-state index < -0.39 is 0 Å². The summed E-state index contributed by atoms with van der Waals surface area (Å²) in [7, 11) is 0. The van der Waals surface area contributed by atoms with Crippen LogP contribution in [0.25, 0.3) is 0 Å². The van der Waals surface area contributed by atoms with Gasteiger partial charge in [-0.05, 0) is 38.8 Å². The minimum absolute atomic E-state index is 0.454. The van der Waals surface area contributed by atoms with Crippen molar-refractivity contribution < 1.29 is 4.79 Å². The summed E-state index contributed by atoms with van der Waals surface area (Å²) in [6.07, 6.45) is 11.3. The Morgan fingerprint density at radius 2 is 2.41 bits per heavy atom. The summed E-state index contributed by atoms with van der Waals surface area (Å²) in [6, 6.07) is 0.454. The van der Waals surface area contributed by atoms with Crippen LogP contribution >= 0.6 is 0 Å². The molecule has 17 heavy (non-hydrogen) atoms. The van der Waals surface area contributed by atoms with Crippen LogP contribution in [0.4, 0.5) is 0 Å². The van der Waals surface area contributed by atoms with E-state index in [0.29, 0.717) is 12.5 Å². The molecule has 2 heterocycles. The highest BCUT2D eigenvalue weighted by Crippen LogP contribution is 2.28. The second-order valence-electron chi connectivity index (χ2n) is 4.68. The number of carbonyl (C=O) groups is 1. The van der Waals surface area contributed by atoms with Crippen LogP contribution in [0.1, 0.15) is 50.4 Å². The highest BCUT2D eigenvalue weighted by Gasteiger charge is 2.24. The van der Waals surface area contributed by atoms with Gasteiger partial charge in [0.1, 0.15) is 12.1 Å². The predicted molar refractivity (Wildman–Crippen MR) is 66.7 cm³/mol. The van der Waals surface area contributed by atoms with Crippen molar-refractivity contribution >= 4 is 6.29 Å². The van der Waals surface area contributed by atoms with E-state index in [2.05, 4.69) is 14.9 Å². The second kappa shape index (κ2) is 6.55. The van der Waals surface area contributed by atoms with Gasteiger partial charge in [0.15, 0.2) is 0 Å². The summed E-state index contributed by atoms with van der Waals surface area (Å²) in [5.41, 5.74) is 0. The lowest BCUT2D eigenvalue weighted by Gasteiger charge is -2.34. The molecule has 0 radical (unpaired) electrons. The van der Waals surface area contributed by atoms with Gasteiger partial charge >= 0.3 is 0 Å². The maximum absolute atomic E-state index is 10.3. The largest absolute Gasteiger partial charge is 0.347 e. The number of likely N-dealkylation sites (tertiary alicyclic amines) is 1. The molecule has 2 rings (SSSR count). The molecule has 4 heteroatoms. The van der Waals surface area contributed by atoms with Crippen molar-refractivity contribution in [3.63, 3.8) is 0 Å². The summed E-state index contributed by atoms with van der Waals surface area (Å²) in [5.74, 6) is 1.10. The van der Waals surface area contributed by atoms with Crippen molar-refractivity contribution in [3.8, 4) is 0 Å². The zero-order valence-corrected chi connectivity index (χ0v) is 10.3. The van der Waals surface area contributed by atoms with E-state index in [0.717, 1.165) is 38.0 Å². The van der Waals surface area contributed by atoms with Crippen LogP contribution in [-0.2, 0) is 4.79 Å². The number of H-pyrrole nitrogens is 1. The van der Waals surface area contributed by atoms with Gasteiger partial charge < -0.3 is 9.78 Å². The summed E-state index contributed by atoms with van der Waals surface area (Å²) in [4.78, 5) is 20.4. The van der Waals surface area contributed by atoms with Gasteiger partial charge in [-0.2, -0.15) is 0 Å². The number of imidazole rings is 1. The highest BCUT2D eigenvalue weighted by atomic mass is 16.1. The van der Waals surface area contributed by atoms with Crippen molar-refractivity contribution in [2.45, 2.75) is 44.6 Å². The first-order valence-electron chi connectivity index (χ1n) is 6.59. The molecule has 1 unspecified atom stereocenters. The number of rotatable bonds is 6. The number of aromatic nitrogens is 2. The number of carbonyl (C=O) groups excluding carboxylic acids is 1. The first kappa shape index (κ1) is 12.3. The van der Waals surface area contributed by atoms with Crippen LogP contribution in [0, 0.1) is 0 Å². The molecule has 1 fully saturated rings. The number of unbranched alkanes of at least 4 members (excludes halogenated alkanes) is 2. The smallest absolute Gasteiger partial charge is 0.123 e. The van der Waals surface area contributed by atoms with E-state index >= 15 is 0 Å². The number of hydrogen-bond acceptors (Lipinski definition) is 3. The summed E-state index contributed by atoms with van der Waals surface area (Å²) < 4.78 is 0. The molecule has 94 valence electrons. The fourth-order valence-corrected chi connectivity index (χ4v) is 2.57. The lowest BCUT2D eigenvalue weighted by atomic mass is 10.0. The van der Waals surface area contributed by atoms with Gasteiger partial charge in [-0.15, -0.1) is 0 Å². The second-order valence-corrected chi connectivity index (χ2v) is 4.68. The quantitative estimate of drug-likeness (QED) is 0.608. The number of piperidine rings is 1. The molecule has 0 aliphatic carbocycles. The van der Waals surface area contributed by atoms with Crippen LogP contribution in [-0.4, -0.2) is 34.2 Å². The summed E-state index contributed by atoms with van der Waals surface area (Å²) >= 11 is 0. The monoisotopic (exact) mass is 235 g/mol. The SMILES string of the molecule is O=CCCCCN1CCCCC1c1ncc[nH]1. The van der Waals surface area contributed by atoms with E-state index in [1.807, 2.05) is 12.4 Å². The van der Waals surface area contributed by atoms with Gasteiger partial charge in [0.05, 0.1) is 6.04 Å². The van der Waals surface area contributed by atoms with Crippen LogP contribution in [0.5, 0.6) is 0 Å². The summed E-state index contributed by atoms with van der Waals surface area (Å²) in [6.45, 7) is 2.24. The summed E-state index contributed by atoms with van der Waals surface area (Å²) in [5, 5.41) is 0. The Hall–Kier alpha value is -1.16. The van der Waals surface area contributed by atoms with Gasteiger partial charge in [0, 0.05) is 18.8 Å². The zero-order valence-electron chi connectivity index (χ0n) is 10.3. The molecule has 1 aliphatic heterocycles. The Kier molecular flexibility index (Phi) is 4.74. The number of nitrogens with one attached hydrogen (secondary N) is 1. The fraction of sp³-hybridized carbons (Fsp3) is 0.692. The Morgan fingerprint density at radius 3 is 3.18 bits per heavy atom. The molecule has 0 bridgehead atoms. The standard InChI is InChI=1S/C13H21N3O/c17-11-5-1-3-9-16-10-4-2-6-12(16)13-14-7-8-15-13/h7-8,11-12H,1-6,9-10H2,(H,14,15). The molecule has 1 aromatic heterocycles. The molecular weight excluding hydrogens is 214 g/mol. The topological polar surface area (TPSA) is 49.0 Å². The van der Waals surface area contributed by atoms with Crippen molar-refractivity contribution in [2.24, 2.45) is 0 Å². The van der Waals surface area contributed by atoms with Crippen molar-refractivity contribution in [3.05, 3.63) is 18.2 Å². The number of hydrogen-bond donors (Lipinski definition) is 1. The van der Waals surface area contributed by atoms with E-state index in [9.17, 15) is 4.79 Å². The molecule has 1 aliphatic rings. The maximum Gasteiger partial charge on any atom is 0.123 e. The number of aldehydes is 1.